The lowest BCUT2D eigenvalue weighted by atomic mass is 9.91. The highest BCUT2D eigenvalue weighted by atomic mass is 15.2. The summed E-state index contributed by atoms with van der Waals surface area (Å²) in [5.74, 6) is 1.80. The molecule has 0 spiro atoms. The van der Waals surface area contributed by atoms with E-state index in [0.29, 0.717) is 23.7 Å². The Morgan fingerprint density at radius 2 is 0.585 bits per heavy atom. The van der Waals surface area contributed by atoms with Gasteiger partial charge in [-0.2, -0.15) is 0 Å². The van der Waals surface area contributed by atoms with E-state index in [0.717, 1.165) is 0 Å². The van der Waals surface area contributed by atoms with Gasteiger partial charge in [0.15, 0.2) is 0 Å². The van der Waals surface area contributed by atoms with Crippen LogP contribution in [0, 0.1) is 55.4 Å². The number of aryl methyl sites for hydroxylation is 8. The van der Waals surface area contributed by atoms with Crippen molar-refractivity contribution in [2.45, 2.75) is 134 Å². The van der Waals surface area contributed by atoms with Gasteiger partial charge in [0.1, 0.15) is 0 Å². The third kappa shape index (κ3) is 7.09. The third-order valence-electron chi connectivity index (χ3n) is 14.5. The number of aromatic nitrogens is 1. The monoisotopic (exact) mass is 856 g/mol. The molecule has 0 aliphatic heterocycles. The fraction of sp³-hybridized carbons (Fsp3) is 0.323. The lowest BCUT2D eigenvalue weighted by molar-refractivity contribution is 0.844. The molecule has 0 fully saturated rings. The predicted molar refractivity (Wildman–Crippen MR) is 285 cm³/mol. The second-order valence-electron chi connectivity index (χ2n) is 20.6. The molecular weight excluding hydrogens is 787 g/mol. The van der Waals surface area contributed by atoms with Crippen LogP contribution < -0.4 is 9.80 Å². The highest BCUT2D eigenvalue weighted by molar-refractivity contribution is 6.28. The van der Waals surface area contributed by atoms with Gasteiger partial charge in [-0.05, 0) is 219 Å². The maximum atomic E-state index is 2.56. The zero-order valence-corrected chi connectivity index (χ0v) is 42.0. The van der Waals surface area contributed by atoms with E-state index in [9.17, 15) is 0 Å². The summed E-state index contributed by atoms with van der Waals surface area (Å²) in [5.41, 5.74) is 27.4. The van der Waals surface area contributed by atoms with Crippen molar-refractivity contribution in [1.29, 1.82) is 0 Å². The zero-order valence-electron chi connectivity index (χ0n) is 42.0. The summed E-state index contributed by atoms with van der Waals surface area (Å²) < 4.78 is 2.56. The van der Waals surface area contributed by atoms with Crippen LogP contribution in [-0.4, -0.2) is 4.40 Å². The van der Waals surface area contributed by atoms with Crippen LogP contribution in [0.1, 0.15) is 146 Å². The number of hydrogen-bond acceptors (Lipinski definition) is 2. The Labute approximate surface area is 389 Å². The molecule has 0 aliphatic carbocycles. The minimum absolute atomic E-state index is 0.450. The number of nitrogens with zero attached hydrogens (tertiary/aromatic N) is 3. The van der Waals surface area contributed by atoms with Crippen LogP contribution in [0.4, 0.5) is 34.1 Å². The molecule has 7 aromatic carbocycles. The summed E-state index contributed by atoms with van der Waals surface area (Å²) in [5, 5.41) is 5.09. The molecule has 65 heavy (non-hydrogen) atoms. The number of benzene rings is 7. The summed E-state index contributed by atoms with van der Waals surface area (Å²) in [6.45, 7) is 36.8. The quantitative estimate of drug-likeness (QED) is 0.136. The molecule has 0 saturated heterocycles. The topological polar surface area (TPSA) is 10.9 Å². The highest BCUT2D eigenvalue weighted by Gasteiger charge is 2.28. The van der Waals surface area contributed by atoms with Crippen molar-refractivity contribution in [1.82, 2.24) is 4.40 Å². The lowest BCUT2D eigenvalue weighted by Gasteiger charge is -2.30. The molecule has 0 atom stereocenters. The lowest BCUT2D eigenvalue weighted by Crippen LogP contribution is -2.13. The van der Waals surface area contributed by atoms with Crippen molar-refractivity contribution < 1.29 is 0 Å². The molecular formula is C62H69N3. The highest BCUT2D eigenvalue weighted by Crippen LogP contribution is 2.51. The van der Waals surface area contributed by atoms with Crippen LogP contribution in [-0.2, 0) is 0 Å². The Bertz CT molecular complexity index is 2880. The molecule has 0 radical (unpaired) electrons. The minimum Gasteiger partial charge on any atom is -0.310 e. The molecule has 0 unspecified atom stereocenters. The van der Waals surface area contributed by atoms with E-state index in [1.165, 1.54) is 139 Å². The van der Waals surface area contributed by atoms with Crippen LogP contribution in [0.15, 0.2) is 103 Å². The van der Waals surface area contributed by atoms with Crippen molar-refractivity contribution in [3.05, 3.63) is 170 Å². The summed E-state index contributed by atoms with van der Waals surface area (Å²) in [7, 11) is 0. The van der Waals surface area contributed by atoms with Gasteiger partial charge < -0.3 is 14.2 Å². The smallest absolute Gasteiger partial charge is 0.0622 e. The Kier molecular flexibility index (Phi) is 11.2. The number of anilines is 6. The van der Waals surface area contributed by atoms with Gasteiger partial charge in [0.25, 0.3) is 0 Å². The fourth-order valence-electron chi connectivity index (χ4n) is 12.7. The van der Waals surface area contributed by atoms with Gasteiger partial charge in [-0.15, -0.1) is 0 Å². The minimum atomic E-state index is 0.450. The fourth-order valence-corrected chi connectivity index (χ4v) is 12.7. The average molecular weight is 856 g/mol. The Balaban J connectivity index is 1.35. The number of para-hydroxylation sites is 1. The van der Waals surface area contributed by atoms with Gasteiger partial charge in [-0.25, -0.2) is 0 Å². The van der Waals surface area contributed by atoms with E-state index >= 15 is 0 Å². The first-order chi connectivity index (χ1) is 30.9. The summed E-state index contributed by atoms with van der Waals surface area (Å²) in [6, 6.07) is 40.3. The molecule has 0 amide bonds. The average Bonchev–Trinajstić information content (AvgIpc) is 3.73. The largest absolute Gasteiger partial charge is 0.310 e. The zero-order chi connectivity index (χ0) is 46.5. The molecule has 2 heterocycles. The molecule has 9 aromatic rings. The first kappa shape index (κ1) is 44.2. The first-order valence-electron chi connectivity index (χ1n) is 24.1. The molecule has 0 aliphatic rings. The Morgan fingerprint density at radius 1 is 0.338 bits per heavy atom. The predicted octanol–water partition coefficient (Wildman–Crippen LogP) is 18.7. The van der Waals surface area contributed by atoms with Gasteiger partial charge >= 0.3 is 0 Å². The summed E-state index contributed by atoms with van der Waals surface area (Å²) >= 11 is 0. The van der Waals surface area contributed by atoms with Gasteiger partial charge in [0.05, 0.1) is 27.9 Å². The van der Waals surface area contributed by atoms with E-state index < -0.39 is 0 Å². The van der Waals surface area contributed by atoms with Gasteiger partial charge in [-0.3, -0.25) is 0 Å². The van der Waals surface area contributed by atoms with E-state index in [1.807, 2.05) is 0 Å². The third-order valence-corrected chi connectivity index (χ3v) is 14.5. The Hall–Kier alpha value is -6.06. The van der Waals surface area contributed by atoms with Crippen molar-refractivity contribution in [3.8, 4) is 0 Å². The van der Waals surface area contributed by atoms with E-state index in [1.54, 1.807) is 0 Å². The van der Waals surface area contributed by atoms with Gasteiger partial charge in [0, 0.05) is 44.3 Å². The molecule has 3 heteroatoms. The molecule has 0 N–H and O–H groups in total. The SMILES string of the molecule is Cc1cc(N(c2cc(C)c(C(C)C)c(C)c2)c2cccc3c2c2cccc4c5c(N(c6cc(C)c(C(C)C)c(C)c6)c6cc(C)c(C(C)C)c(C)c6)cccc5n3c24)cc(C)c1C(C)C. The second kappa shape index (κ2) is 16.4. The number of fused-ring (bicyclic) bond motifs is 6. The normalized spacial score (nSPS) is 12.2. The van der Waals surface area contributed by atoms with Crippen LogP contribution >= 0.6 is 0 Å². The first-order valence-corrected chi connectivity index (χ1v) is 24.1. The maximum Gasteiger partial charge on any atom is 0.0622 e. The van der Waals surface area contributed by atoms with Crippen LogP contribution in [0.3, 0.4) is 0 Å². The van der Waals surface area contributed by atoms with Crippen molar-refractivity contribution in [3.63, 3.8) is 0 Å². The second-order valence-corrected chi connectivity index (χ2v) is 20.6. The molecule has 9 rings (SSSR count). The van der Waals surface area contributed by atoms with Crippen molar-refractivity contribution >= 4 is 72.2 Å². The number of rotatable bonds is 10. The molecule has 332 valence electrons. The Morgan fingerprint density at radius 3 is 0.831 bits per heavy atom. The summed E-state index contributed by atoms with van der Waals surface area (Å²) in [6.07, 6.45) is 0. The van der Waals surface area contributed by atoms with Crippen LogP contribution in [0.5, 0.6) is 0 Å². The van der Waals surface area contributed by atoms with Crippen molar-refractivity contribution in [2.75, 3.05) is 9.80 Å². The molecule has 0 saturated carbocycles. The molecule has 0 bridgehead atoms. The van der Waals surface area contributed by atoms with Gasteiger partial charge in [0.2, 0.25) is 0 Å². The standard InChI is InChI=1S/C62H69N3/c1-34(2)56-38(9)26-46(27-39(56)10)63(47-28-40(11)57(35(3)4)41(12)29-47)52-22-18-24-54-60(52)50-20-17-21-51-61-53(23-19-25-55(61)65(54)62(50)51)64(48-30-42(13)58(36(5)6)43(14)31-48)49-32-44(15)59(37(7)8)45(16)33-49/h17-37H,1-16H3. The molecule has 2 aromatic heterocycles. The van der Waals surface area contributed by atoms with Crippen LogP contribution in [0.25, 0.3) is 38.1 Å². The number of hydrogen-bond donors (Lipinski definition) is 0. The summed E-state index contributed by atoms with van der Waals surface area (Å²) in [4.78, 5) is 5.09. The van der Waals surface area contributed by atoms with E-state index in [2.05, 4.69) is 228 Å². The van der Waals surface area contributed by atoms with Crippen molar-refractivity contribution in [2.24, 2.45) is 0 Å². The van der Waals surface area contributed by atoms with E-state index in [4.69, 9.17) is 0 Å². The maximum absolute atomic E-state index is 2.56. The van der Waals surface area contributed by atoms with Crippen LogP contribution in [0.2, 0.25) is 0 Å². The van der Waals surface area contributed by atoms with E-state index in [-0.39, 0.29) is 0 Å². The van der Waals surface area contributed by atoms with Gasteiger partial charge in [-0.1, -0.05) is 85.7 Å². The molecule has 3 nitrogen and oxygen atoms in total.